The molecule has 1 aliphatic carbocycles. The first-order valence-electron chi connectivity index (χ1n) is 5.59. The molecule has 0 atom stereocenters. The zero-order chi connectivity index (χ0) is 10.6. The van der Waals surface area contributed by atoms with Gasteiger partial charge < -0.3 is 0 Å². The molecule has 0 saturated carbocycles. The van der Waals surface area contributed by atoms with Crippen LogP contribution in [0, 0.1) is 17.9 Å². The molecule has 0 fully saturated rings. The summed E-state index contributed by atoms with van der Waals surface area (Å²) in [5.41, 5.74) is 2.76. The van der Waals surface area contributed by atoms with E-state index in [-0.39, 0.29) is 21.1 Å². The first-order valence-corrected chi connectivity index (χ1v) is 5.59. The molecule has 0 unspecified atom stereocenters. The summed E-state index contributed by atoms with van der Waals surface area (Å²) in [5, 5.41) is 0. The molecule has 0 spiro atoms. The van der Waals surface area contributed by atoms with Crippen LogP contribution in [0.15, 0.2) is 29.4 Å². The summed E-state index contributed by atoms with van der Waals surface area (Å²) in [6.45, 7) is 8.85. The first-order chi connectivity index (χ1) is 6.58. The van der Waals surface area contributed by atoms with E-state index in [1.54, 1.807) is 0 Å². The maximum atomic E-state index is 3.47. The molecule has 0 heterocycles. The van der Waals surface area contributed by atoms with E-state index in [2.05, 4.69) is 52.0 Å². The smallest absolute Gasteiger partial charge is 0 e. The van der Waals surface area contributed by atoms with Crippen molar-refractivity contribution in [2.75, 3.05) is 0 Å². The predicted molar refractivity (Wildman–Crippen MR) is 62.9 cm³/mol. The topological polar surface area (TPSA) is 0 Å². The zero-order valence-electron chi connectivity index (χ0n) is 10.2. The summed E-state index contributed by atoms with van der Waals surface area (Å²) in [6.07, 6.45) is 12.6. The number of hydrogen-bond donors (Lipinski definition) is 0. The van der Waals surface area contributed by atoms with Gasteiger partial charge in [-0.15, -0.1) is 6.08 Å². The summed E-state index contributed by atoms with van der Waals surface area (Å²) in [5.74, 6) is 1.29. The summed E-state index contributed by atoms with van der Waals surface area (Å²) < 4.78 is 0. The van der Waals surface area contributed by atoms with Gasteiger partial charge in [0.25, 0.3) is 0 Å². The molecule has 0 nitrogen and oxygen atoms in total. The molecular weight excluding hydrogens is 352 g/mol. The van der Waals surface area contributed by atoms with Gasteiger partial charge in [0.15, 0.2) is 0 Å². The summed E-state index contributed by atoms with van der Waals surface area (Å²) in [7, 11) is 0. The minimum atomic E-state index is 0. The Bertz CT molecular complexity index is 267. The number of hydrogen-bond acceptors (Lipinski definition) is 0. The molecule has 0 aromatic carbocycles. The molecule has 1 heteroatoms. The Hall–Kier alpha value is -0.0917. The second-order valence-corrected chi connectivity index (χ2v) is 4.69. The van der Waals surface area contributed by atoms with E-state index in [0.717, 1.165) is 0 Å². The Balaban J connectivity index is 0.00000196. The van der Waals surface area contributed by atoms with Gasteiger partial charge in [-0.2, -0.15) is 29.4 Å². The van der Waals surface area contributed by atoms with Crippen molar-refractivity contribution >= 4 is 0 Å². The van der Waals surface area contributed by atoms with Gasteiger partial charge in [0.05, 0.1) is 0 Å². The van der Waals surface area contributed by atoms with Crippen LogP contribution in [0.25, 0.3) is 0 Å². The molecule has 1 rings (SSSR count). The molecule has 0 N–H and O–H groups in total. The van der Waals surface area contributed by atoms with Gasteiger partial charge in [-0.05, 0) is 18.8 Å². The molecule has 0 bridgehead atoms. The van der Waals surface area contributed by atoms with E-state index in [4.69, 9.17) is 0 Å². The van der Waals surface area contributed by atoms with Crippen molar-refractivity contribution in [2.24, 2.45) is 11.8 Å². The Morgan fingerprint density at radius 2 is 1.73 bits per heavy atom. The Morgan fingerprint density at radius 1 is 1.07 bits per heavy atom. The van der Waals surface area contributed by atoms with Crippen molar-refractivity contribution in [1.82, 2.24) is 0 Å². The first kappa shape index (κ1) is 14.9. The van der Waals surface area contributed by atoms with Crippen LogP contribution in [-0.4, -0.2) is 0 Å². The normalized spacial score (nSPS) is 19.1. The van der Waals surface area contributed by atoms with E-state index in [1.165, 1.54) is 24.0 Å². The molecule has 0 aliphatic heterocycles. The van der Waals surface area contributed by atoms with E-state index in [9.17, 15) is 0 Å². The van der Waals surface area contributed by atoms with Gasteiger partial charge in [-0.25, -0.2) is 0 Å². The van der Waals surface area contributed by atoms with E-state index >= 15 is 0 Å². The van der Waals surface area contributed by atoms with E-state index in [0.29, 0.717) is 11.8 Å². The molecule has 1 aliphatic rings. The fraction of sp³-hybridized carbons (Fsp3) is 0.571. The molecule has 0 aromatic rings. The van der Waals surface area contributed by atoms with Crippen LogP contribution in [0.3, 0.4) is 0 Å². The summed E-state index contributed by atoms with van der Waals surface area (Å²) >= 11 is 0. The third-order valence-corrected chi connectivity index (χ3v) is 2.20. The monoisotopic (exact) mass is 373 g/mol. The van der Waals surface area contributed by atoms with E-state index < -0.39 is 0 Å². The van der Waals surface area contributed by atoms with Gasteiger partial charge in [0.2, 0.25) is 0 Å². The number of rotatable bonds is 3. The van der Waals surface area contributed by atoms with Crippen LogP contribution in [-0.2, 0) is 21.1 Å². The molecule has 84 valence electrons. The fourth-order valence-corrected chi connectivity index (χ4v) is 1.56. The van der Waals surface area contributed by atoms with Gasteiger partial charge in [0, 0.05) is 21.1 Å². The molecule has 0 amide bonds. The summed E-state index contributed by atoms with van der Waals surface area (Å²) in [6, 6.07) is 0. The third-order valence-electron chi connectivity index (χ3n) is 2.20. The maximum Gasteiger partial charge on any atom is 0 e. The van der Waals surface area contributed by atoms with Crippen molar-refractivity contribution in [3.8, 4) is 0 Å². The van der Waals surface area contributed by atoms with Crippen LogP contribution >= 0.6 is 0 Å². The van der Waals surface area contributed by atoms with Crippen LogP contribution in [0.4, 0.5) is 0 Å². The van der Waals surface area contributed by atoms with Crippen LogP contribution in [0.5, 0.6) is 0 Å². The largest absolute Gasteiger partial charge is 0.177 e. The van der Waals surface area contributed by atoms with Crippen LogP contribution in [0.2, 0.25) is 0 Å². The van der Waals surface area contributed by atoms with Gasteiger partial charge in [-0.3, -0.25) is 0 Å². The molecule has 15 heavy (non-hydrogen) atoms. The Kier molecular flexibility index (Phi) is 7.18. The second kappa shape index (κ2) is 7.23. The minimum Gasteiger partial charge on any atom is -0.177 e. The Morgan fingerprint density at radius 3 is 2.27 bits per heavy atom. The van der Waals surface area contributed by atoms with Gasteiger partial charge in [0.1, 0.15) is 0 Å². The van der Waals surface area contributed by atoms with E-state index in [1.807, 2.05) is 0 Å². The quantitative estimate of drug-likeness (QED) is 0.648. The minimum absolute atomic E-state index is 0. The van der Waals surface area contributed by atoms with Gasteiger partial charge in [-0.1, -0.05) is 33.6 Å². The third kappa shape index (κ3) is 6.15. The molecule has 0 saturated heterocycles. The van der Waals surface area contributed by atoms with Crippen LogP contribution in [0.1, 0.15) is 40.5 Å². The van der Waals surface area contributed by atoms with Crippen molar-refractivity contribution < 1.29 is 21.1 Å². The Labute approximate surface area is 109 Å². The fourth-order valence-electron chi connectivity index (χ4n) is 1.56. The average molecular weight is 373 g/mol. The van der Waals surface area contributed by atoms with Crippen molar-refractivity contribution in [2.45, 2.75) is 40.5 Å². The molecule has 0 radical (unpaired) electrons. The molecule has 0 aromatic heterocycles. The summed E-state index contributed by atoms with van der Waals surface area (Å²) in [4.78, 5) is 0. The van der Waals surface area contributed by atoms with Gasteiger partial charge >= 0.3 is 0 Å². The SMILES string of the molecule is CC(C)/C=C/C1=[C-]C(=C/C(C)C)/CC1.[W]. The molecular formula is C14H21W-. The number of allylic oxidation sites excluding steroid dienone is 6. The van der Waals surface area contributed by atoms with Crippen LogP contribution < -0.4 is 0 Å². The second-order valence-electron chi connectivity index (χ2n) is 4.69. The average Bonchev–Trinajstić information content (AvgIpc) is 2.47. The maximum absolute atomic E-state index is 3.47. The van der Waals surface area contributed by atoms with Crippen molar-refractivity contribution in [3.05, 3.63) is 35.5 Å². The van der Waals surface area contributed by atoms with Crippen molar-refractivity contribution in [1.29, 1.82) is 0 Å². The predicted octanol–water partition coefficient (Wildman–Crippen LogP) is 4.30. The zero-order valence-corrected chi connectivity index (χ0v) is 13.1. The standard InChI is InChI=1S/C14H21.W/c1-11(2)5-6-13-7-8-14(10-13)9-12(3)4;/h5-6,9,11-12H,7-8H2,1-4H3;/q-1;/b6-5+,14-9+;. The van der Waals surface area contributed by atoms with Crippen molar-refractivity contribution in [3.63, 3.8) is 0 Å².